The maximum Gasteiger partial charge on any atom is 0.434 e. The van der Waals surface area contributed by atoms with Crippen molar-refractivity contribution in [2.45, 2.75) is 31.8 Å². The Hall–Kier alpha value is -2.09. The number of aliphatic imine (C=N–C) groups is 1. The van der Waals surface area contributed by atoms with Gasteiger partial charge in [-0.15, -0.1) is 0 Å². The van der Waals surface area contributed by atoms with Gasteiger partial charge in [0.1, 0.15) is 5.56 Å². The molecule has 8 heteroatoms. The monoisotopic (exact) mass is 324 g/mol. The van der Waals surface area contributed by atoms with Crippen LogP contribution in [0.25, 0.3) is 0 Å². The maximum atomic E-state index is 12.4. The number of nitrogens with zero attached hydrogens (tertiary/aromatic N) is 2. The molecule has 1 amide bonds. The molecule has 1 aromatic heterocycles. The van der Waals surface area contributed by atoms with Crippen LogP contribution < -0.4 is 5.43 Å². The van der Waals surface area contributed by atoms with Gasteiger partial charge in [0.15, 0.2) is 0 Å². The van der Waals surface area contributed by atoms with Crippen molar-refractivity contribution < 1.29 is 19.1 Å². The third-order valence-corrected chi connectivity index (χ3v) is 4.24. The number of aryl methyl sites for hydroxylation is 1. The van der Waals surface area contributed by atoms with E-state index in [1.165, 1.54) is 25.1 Å². The first-order chi connectivity index (χ1) is 10.5. The molecule has 0 atom stereocenters. The van der Waals surface area contributed by atoms with E-state index in [-0.39, 0.29) is 24.0 Å². The lowest BCUT2D eigenvalue weighted by molar-refractivity contribution is 0.0523. The molecule has 1 aliphatic heterocycles. The lowest BCUT2D eigenvalue weighted by atomic mass is 10.1. The zero-order valence-electron chi connectivity index (χ0n) is 12.5. The van der Waals surface area contributed by atoms with E-state index in [2.05, 4.69) is 9.73 Å². The van der Waals surface area contributed by atoms with Gasteiger partial charge in [-0.2, -0.15) is 4.99 Å². The van der Waals surface area contributed by atoms with Gasteiger partial charge in [-0.1, -0.05) is 11.8 Å². The largest absolute Gasteiger partial charge is 0.462 e. The van der Waals surface area contributed by atoms with Crippen molar-refractivity contribution in [2.24, 2.45) is 4.99 Å². The van der Waals surface area contributed by atoms with Gasteiger partial charge in [0.05, 0.1) is 23.8 Å². The molecule has 0 saturated heterocycles. The van der Waals surface area contributed by atoms with E-state index >= 15 is 0 Å². The minimum absolute atomic E-state index is 0.00219. The van der Waals surface area contributed by atoms with Crippen LogP contribution >= 0.6 is 11.8 Å². The first-order valence-corrected chi connectivity index (χ1v) is 7.60. The van der Waals surface area contributed by atoms with Gasteiger partial charge in [-0.05, 0) is 13.8 Å². The van der Waals surface area contributed by atoms with Crippen molar-refractivity contribution in [3.8, 4) is 0 Å². The molecule has 0 spiro atoms. The lowest BCUT2D eigenvalue weighted by Gasteiger charge is -2.11. The fraction of sp³-hybridized carbons (Fsp3) is 0.429. The van der Waals surface area contributed by atoms with E-state index in [9.17, 15) is 14.4 Å². The summed E-state index contributed by atoms with van der Waals surface area (Å²) >= 11 is 1.24. The van der Waals surface area contributed by atoms with Crippen molar-refractivity contribution in [1.29, 1.82) is 0 Å². The number of carbonyl (C=O) groups excluding carboxylic acids is 2. The molecule has 0 saturated carbocycles. The second-order valence-electron chi connectivity index (χ2n) is 4.42. The fourth-order valence-corrected chi connectivity index (χ4v) is 3.23. The van der Waals surface area contributed by atoms with Crippen LogP contribution in [0.5, 0.6) is 0 Å². The Morgan fingerprint density at radius 3 is 2.73 bits per heavy atom. The molecule has 1 aromatic rings. The molecule has 22 heavy (non-hydrogen) atoms. The van der Waals surface area contributed by atoms with Crippen molar-refractivity contribution in [2.75, 3.05) is 13.7 Å². The Morgan fingerprint density at radius 1 is 1.41 bits per heavy atom. The minimum Gasteiger partial charge on any atom is -0.462 e. The number of hydrogen-bond acceptors (Lipinski definition) is 6. The molecule has 0 fully saturated rings. The summed E-state index contributed by atoms with van der Waals surface area (Å²) in [6.07, 6.45) is 0.991. The molecule has 0 aliphatic carbocycles. The molecule has 2 heterocycles. The molecule has 1 aliphatic rings. The van der Waals surface area contributed by atoms with Crippen LogP contribution in [0.1, 0.15) is 29.8 Å². The van der Waals surface area contributed by atoms with Gasteiger partial charge in [-0.25, -0.2) is 9.59 Å². The molecule has 2 rings (SSSR count). The third kappa shape index (κ3) is 3.06. The highest BCUT2D eigenvalue weighted by molar-refractivity contribution is 8.14. The van der Waals surface area contributed by atoms with Crippen LogP contribution in [0.4, 0.5) is 4.79 Å². The number of ether oxygens (including phenoxy) is 2. The predicted octanol–water partition coefficient (Wildman–Crippen LogP) is 1.86. The highest BCUT2D eigenvalue weighted by Gasteiger charge is 2.28. The molecule has 0 N–H and O–H groups in total. The summed E-state index contributed by atoms with van der Waals surface area (Å²) in [5.74, 6) is -0.638. The van der Waals surface area contributed by atoms with E-state index in [1.54, 1.807) is 11.5 Å². The Balaban J connectivity index is 2.48. The SMILES string of the molecule is CCOC(=O)c1cn(CC)c2c(c1=O)C/C(=N\C(=O)OC)S2. The normalized spacial score (nSPS) is 14.8. The standard InChI is InChI=1S/C14H16N2O5S/c1-4-16-7-9(13(18)21-5-2)11(17)8-6-10(22-12(8)16)15-14(19)20-3/h7H,4-6H2,1-3H3/b15-10+. The summed E-state index contributed by atoms with van der Waals surface area (Å²) in [6.45, 7) is 4.36. The molecular formula is C14H16N2O5S. The second kappa shape index (κ2) is 6.78. The van der Waals surface area contributed by atoms with E-state index in [0.717, 1.165) is 0 Å². The number of aromatic nitrogens is 1. The Bertz CT molecular complexity index is 708. The molecule has 118 valence electrons. The van der Waals surface area contributed by atoms with E-state index in [0.29, 0.717) is 22.2 Å². The first-order valence-electron chi connectivity index (χ1n) is 6.78. The van der Waals surface area contributed by atoms with E-state index in [1.807, 2.05) is 6.92 Å². The van der Waals surface area contributed by atoms with Gasteiger partial charge in [-0.3, -0.25) is 4.79 Å². The smallest absolute Gasteiger partial charge is 0.434 e. The average Bonchev–Trinajstić information content (AvgIpc) is 2.92. The van der Waals surface area contributed by atoms with Gasteiger partial charge >= 0.3 is 12.1 Å². The Kier molecular flexibility index (Phi) is 5.02. The fourth-order valence-electron chi connectivity index (χ4n) is 2.08. The van der Waals surface area contributed by atoms with Gasteiger partial charge in [0, 0.05) is 24.7 Å². The molecule has 0 aromatic carbocycles. The quantitative estimate of drug-likeness (QED) is 0.789. The highest BCUT2D eigenvalue weighted by atomic mass is 32.2. The van der Waals surface area contributed by atoms with Crippen LogP contribution in [0, 0.1) is 0 Å². The molecule has 0 radical (unpaired) electrons. The predicted molar refractivity (Wildman–Crippen MR) is 81.7 cm³/mol. The van der Waals surface area contributed by atoms with Gasteiger partial charge in [0.25, 0.3) is 0 Å². The number of fused-ring (bicyclic) bond motifs is 1. The number of thioether (sulfide) groups is 1. The van der Waals surface area contributed by atoms with E-state index in [4.69, 9.17) is 4.74 Å². The number of pyridine rings is 1. The lowest BCUT2D eigenvalue weighted by Crippen LogP contribution is -2.23. The van der Waals surface area contributed by atoms with Crippen molar-refractivity contribution in [3.63, 3.8) is 0 Å². The van der Waals surface area contributed by atoms with Gasteiger partial charge in [0.2, 0.25) is 5.43 Å². The number of esters is 1. The van der Waals surface area contributed by atoms with Crippen LogP contribution in [0.2, 0.25) is 0 Å². The summed E-state index contributed by atoms with van der Waals surface area (Å²) in [5.41, 5.74) is 0.0862. The Labute approximate surface area is 131 Å². The minimum atomic E-state index is -0.712. The topological polar surface area (TPSA) is 87.0 Å². The van der Waals surface area contributed by atoms with Gasteiger partial charge < -0.3 is 14.0 Å². The molecule has 0 bridgehead atoms. The van der Waals surface area contributed by atoms with Crippen LogP contribution in [0.3, 0.4) is 0 Å². The number of rotatable bonds is 3. The second-order valence-corrected chi connectivity index (χ2v) is 5.48. The summed E-state index contributed by atoms with van der Waals surface area (Å²) in [6, 6.07) is 0. The van der Waals surface area contributed by atoms with Crippen LogP contribution in [-0.4, -0.2) is 35.4 Å². The first kappa shape index (κ1) is 16.3. The van der Waals surface area contributed by atoms with Crippen molar-refractivity contribution in [1.82, 2.24) is 4.57 Å². The summed E-state index contributed by atoms with van der Waals surface area (Å²) < 4.78 is 11.2. The van der Waals surface area contributed by atoms with Crippen molar-refractivity contribution in [3.05, 3.63) is 27.5 Å². The number of methoxy groups -OCH3 is 1. The number of amides is 1. The van der Waals surface area contributed by atoms with Crippen molar-refractivity contribution >= 4 is 28.9 Å². The Morgan fingerprint density at radius 2 is 2.14 bits per heavy atom. The average molecular weight is 324 g/mol. The zero-order chi connectivity index (χ0) is 16.3. The highest BCUT2D eigenvalue weighted by Crippen LogP contribution is 2.32. The zero-order valence-corrected chi connectivity index (χ0v) is 13.4. The molecule has 7 nitrogen and oxygen atoms in total. The van der Waals surface area contributed by atoms with Crippen LogP contribution in [0.15, 0.2) is 21.0 Å². The third-order valence-electron chi connectivity index (χ3n) is 3.09. The number of carbonyl (C=O) groups is 2. The maximum absolute atomic E-state index is 12.4. The summed E-state index contributed by atoms with van der Waals surface area (Å²) in [7, 11) is 1.24. The number of hydrogen-bond donors (Lipinski definition) is 0. The summed E-state index contributed by atoms with van der Waals surface area (Å²) in [4.78, 5) is 39.4. The van der Waals surface area contributed by atoms with Crippen LogP contribution in [-0.2, 0) is 22.4 Å². The summed E-state index contributed by atoms with van der Waals surface area (Å²) in [5, 5.41) is 1.17. The molecule has 0 unspecified atom stereocenters. The molecular weight excluding hydrogens is 308 g/mol. The van der Waals surface area contributed by atoms with E-state index < -0.39 is 12.1 Å².